The first kappa shape index (κ1) is 20.5. The molecule has 2 heterocycles. The van der Waals surface area contributed by atoms with Gasteiger partial charge in [0.1, 0.15) is 5.52 Å². The Kier molecular flexibility index (Phi) is 6.22. The summed E-state index contributed by atoms with van der Waals surface area (Å²) in [5, 5.41) is 13.4. The van der Waals surface area contributed by atoms with E-state index in [1.54, 1.807) is 4.80 Å². The largest absolute Gasteiger partial charge is 0.330 e. The third-order valence-electron chi connectivity index (χ3n) is 4.14. The summed E-state index contributed by atoms with van der Waals surface area (Å²) in [7, 11) is 0. The third-order valence-corrected chi connectivity index (χ3v) is 9.12. The van der Waals surface area contributed by atoms with Gasteiger partial charge in [0.2, 0.25) is 5.82 Å². The second-order valence-corrected chi connectivity index (χ2v) is 9.57. The quantitative estimate of drug-likeness (QED) is 0.183. The maximum absolute atomic E-state index is 5.92. The monoisotopic (exact) mass is 650 g/mol. The van der Waals surface area contributed by atoms with Gasteiger partial charge in [-0.3, -0.25) is 0 Å². The minimum Gasteiger partial charge on any atom is -0.330 e. The van der Waals surface area contributed by atoms with Gasteiger partial charge in [0, 0.05) is 26.1 Å². The van der Waals surface area contributed by atoms with E-state index < -0.39 is 0 Å². The summed E-state index contributed by atoms with van der Waals surface area (Å²) in [5.41, 5.74) is 2.81. The van der Waals surface area contributed by atoms with Crippen LogP contribution in [0.5, 0.6) is 0 Å². The average molecular weight is 654 g/mol. The van der Waals surface area contributed by atoms with Crippen molar-refractivity contribution >= 4 is 86.4 Å². The summed E-state index contributed by atoms with van der Waals surface area (Å²) in [6.07, 6.45) is 2.67. The van der Waals surface area contributed by atoms with Crippen LogP contribution in [-0.4, -0.2) is 29.8 Å². The highest BCUT2D eigenvalue weighted by Gasteiger charge is 2.17. The molecule has 0 unspecified atom stereocenters. The molecule has 4 rings (SSSR count). The molecule has 144 valence electrons. The van der Waals surface area contributed by atoms with Gasteiger partial charge in [-0.25, -0.2) is 4.98 Å². The molecule has 11 heteroatoms. The van der Waals surface area contributed by atoms with Crippen molar-refractivity contribution in [2.24, 2.45) is 0 Å². The van der Waals surface area contributed by atoms with Crippen LogP contribution in [0.3, 0.4) is 0 Å². The number of imidazole rings is 1. The van der Waals surface area contributed by atoms with E-state index in [4.69, 9.17) is 11.6 Å². The number of aromatic nitrogens is 6. The zero-order chi connectivity index (χ0) is 19.8. The van der Waals surface area contributed by atoms with Crippen molar-refractivity contribution in [2.75, 3.05) is 0 Å². The SMILES string of the molecule is Clc1ccc(-c2nnn(CCCn3cnc4c(Br)c(Br)c(Br)c(Br)c43)n2)cc1. The molecule has 2 aromatic heterocycles. The van der Waals surface area contributed by atoms with Crippen LogP contribution in [0.25, 0.3) is 22.4 Å². The Morgan fingerprint density at radius 1 is 0.893 bits per heavy atom. The number of nitrogens with zero attached hydrogens (tertiary/aromatic N) is 6. The highest BCUT2D eigenvalue weighted by atomic mass is 79.9. The van der Waals surface area contributed by atoms with E-state index in [9.17, 15) is 0 Å². The van der Waals surface area contributed by atoms with Gasteiger partial charge in [-0.15, -0.1) is 10.2 Å². The normalized spacial score (nSPS) is 11.5. The van der Waals surface area contributed by atoms with Crippen molar-refractivity contribution in [2.45, 2.75) is 19.5 Å². The Morgan fingerprint density at radius 3 is 2.36 bits per heavy atom. The van der Waals surface area contributed by atoms with Crippen molar-refractivity contribution in [3.8, 4) is 11.4 Å². The summed E-state index contributed by atoms with van der Waals surface area (Å²) < 4.78 is 5.86. The van der Waals surface area contributed by atoms with Crippen LogP contribution in [0.2, 0.25) is 5.02 Å². The maximum Gasteiger partial charge on any atom is 0.204 e. The number of tetrazole rings is 1. The summed E-state index contributed by atoms with van der Waals surface area (Å²) in [5.74, 6) is 0.588. The molecule has 4 aromatic rings. The lowest BCUT2D eigenvalue weighted by Crippen LogP contribution is -2.06. The number of hydrogen-bond acceptors (Lipinski definition) is 4. The van der Waals surface area contributed by atoms with E-state index in [-0.39, 0.29) is 0 Å². The second-order valence-electron chi connectivity index (χ2n) is 5.96. The minimum atomic E-state index is 0.588. The van der Waals surface area contributed by atoms with E-state index in [1.165, 1.54) is 0 Å². The maximum atomic E-state index is 5.92. The molecule has 2 aromatic carbocycles. The molecule has 0 radical (unpaired) electrons. The van der Waals surface area contributed by atoms with Gasteiger partial charge >= 0.3 is 0 Å². The predicted octanol–water partition coefficient (Wildman–Crippen LogP) is 6.48. The van der Waals surface area contributed by atoms with Crippen molar-refractivity contribution < 1.29 is 0 Å². The number of benzene rings is 2. The van der Waals surface area contributed by atoms with Gasteiger partial charge in [0.25, 0.3) is 0 Å². The molecule has 0 atom stereocenters. The second kappa shape index (κ2) is 8.51. The van der Waals surface area contributed by atoms with Crippen LogP contribution in [0.4, 0.5) is 0 Å². The zero-order valence-corrected chi connectivity index (χ0v) is 21.2. The molecule has 0 amide bonds. The Balaban J connectivity index is 1.48. The van der Waals surface area contributed by atoms with Crippen LogP contribution in [-0.2, 0) is 13.1 Å². The lowest BCUT2D eigenvalue weighted by Gasteiger charge is -2.09. The van der Waals surface area contributed by atoms with Crippen LogP contribution >= 0.6 is 75.3 Å². The van der Waals surface area contributed by atoms with Gasteiger partial charge in [-0.2, -0.15) is 4.80 Å². The molecule has 0 spiro atoms. The molecule has 28 heavy (non-hydrogen) atoms. The van der Waals surface area contributed by atoms with E-state index in [1.807, 2.05) is 30.6 Å². The average Bonchev–Trinajstić information content (AvgIpc) is 3.33. The zero-order valence-electron chi connectivity index (χ0n) is 14.1. The first-order chi connectivity index (χ1) is 13.5. The highest BCUT2D eigenvalue weighted by Crippen LogP contribution is 2.42. The van der Waals surface area contributed by atoms with E-state index in [2.05, 4.69) is 88.7 Å². The highest BCUT2D eigenvalue weighted by molar-refractivity contribution is 9.15. The summed E-state index contributed by atoms with van der Waals surface area (Å²) in [6.45, 7) is 1.42. The van der Waals surface area contributed by atoms with Gasteiger partial charge in [-0.1, -0.05) is 11.6 Å². The molecule has 0 saturated carbocycles. The fourth-order valence-corrected chi connectivity index (χ4v) is 5.31. The molecular formula is C17H11Br4ClN6. The van der Waals surface area contributed by atoms with Gasteiger partial charge in [0.05, 0.1) is 27.3 Å². The molecule has 0 aliphatic rings. The van der Waals surface area contributed by atoms with Crippen LogP contribution in [0.1, 0.15) is 6.42 Å². The standard InChI is InChI=1S/C17H11Br4ClN6/c18-11-12(19)14(21)16-15(13(11)20)23-8-27(16)6-1-7-28-25-17(24-26-28)9-2-4-10(22)5-3-9/h2-5,8H,1,6-7H2. The fraction of sp³-hybridized carbons (Fsp3) is 0.176. The van der Waals surface area contributed by atoms with Crippen LogP contribution in [0.15, 0.2) is 48.5 Å². The van der Waals surface area contributed by atoms with Crippen molar-refractivity contribution in [1.82, 2.24) is 29.8 Å². The van der Waals surface area contributed by atoms with Gasteiger partial charge < -0.3 is 4.57 Å². The van der Waals surface area contributed by atoms with Crippen molar-refractivity contribution in [1.29, 1.82) is 0 Å². The molecule has 6 nitrogen and oxygen atoms in total. The Labute approximate surface area is 199 Å². The van der Waals surface area contributed by atoms with E-state index in [0.29, 0.717) is 17.4 Å². The van der Waals surface area contributed by atoms with Crippen molar-refractivity contribution in [3.63, 3.8) is 0 Å². The summed E-state index contributed by atoms with van der Waals surface area (Å²) >= 11 is 20.3. The van der Waals surface area contributed by atoms with E-state index in [0.717, 1.165) is 47.5 Å². The minimum absolute atomic E-state index is 0.588. The lowest BCUT2D eigenvalue weighted by atomic mass is 10.2. The van der Waals surface area contributed by atoms with Crippen LogP contribution < -0.4 is 0 Å². The Morgan fingerprint density at radius 2 is 1.61 bits per heavy atom. The molecule has 0 N–H and O–H groups in total. The lowest BCUT2D eigenvalue weighted by molar-refractivity contribution is 0.474. The molecular weight excluding hydrogens is 643 g/mol. The number of fused-ring (bicyclic) bond motifs is 1. The number of hydrogen-bond donors (Lipinski definition) is 0. The number of rotatable bonds is 5. The molecule has 0 aliphatic heterocycles. The fourth-order valence-electron chi connectivity index (χ4n) is 2.78. The summed E-state index contributed by atoms with van der Waals surface area (Å²) in [4.78, 5) is 6.14. The Hall–Kier alpha value is -0.810. The van der Waals surface area contributed by atoms with Gasteiger partial charge in [-0.05, 0) is 99.6 Å². The molecule has 0 fully saturated rings. The first-order valence-corrected chi connectivity index (χ1v) is 11.7. The molecule has 0 aliphatic carbocycles. The first-order valence-electron chi connectivity index (χ1n) is 8.16. The topological polar surface area (TPSA) is 61.4 Å². The Bertz CT molecular complexity index is 1150. The number of aryl methyl sites for hydroxylation is 2. The molecule has 0 saturated heterocycles. The summed E-state index contributed by atoms with van der Waals surface area (Å²) in [6, 6.07) is 7.39. The number of halogens is 5. The van der Waals surface area contributed by atoms with Gasteiger partial charge in [0.15, 0.2) is 0 Å². The molecule has 0 bridgehead atoms. The third kappa shape index (κ3) is 3.94. The van der Waals surface area contributed by atoms with Crippen molar-refractivity contribution in [3.05, 3.63) is 53.5 Å². The van der Waals surface area contributed by atoms with Crippen LogP contribution in [0, 0.1) is 0 Å². The smallest absolute Gasteiger partial charge is 0.204 e. The predicted molar refractivity (Wildman–Crippen MR) is 123 cm³/mol. The van der Waals surface area contributed by atoms with E-state index >= 15 is 0 Å².